The SMILES string of the molecule is CCOC(=O)[C@H]1CCCN(S(=O)(=O)c2ccc(S(=O)(=O)N3CCCC3)cc2)C1. The molecule has 3 rings (SSSR count). The second-order valence-electron chi connectivity index (χ2n) is 7.04. The zero-order chi connectivity index (χ0) is 20.4. The van der Waals surface area contributed by atoms with E-state index < -0.39 is 26.0 Å². The van der Waals surface area contributed by atoms with Crippen molar-refractivity contribution in [3.63, 3.8) is 0 Å². The molecule has 0 aromatic heterocycles. The summed E-state index contributed by atoms with van der Waals surface area (Å²) in [4.78, 5) is 12.1. The van der Waals surface area contributed by atoms with Gasteiger partial charge in [-0.25, -0.2) is 16.8 Å². The first-order chi connectivity index (χ1) is 13.3. The van der Waals surface area contributed by atoms with E-state index >= 15 is 0 Å². The van der Waals surface area contributed by atoms with Crippen LogP contribution in [0.5, 0.6) is 0 Å². The normalized spacial score (nSPS) is 22.2. The van der Waals surface area contributed by atoms with Gasteiger partial charge in [0.25, 0.3) is 0 Å². The molecule has 2 saturated heterocycles. The third-order valence-electron chi connectivity index (χ3n) is 5.17. The molecule has 2 aliphatic heterocycles. The Hall–Kier alpha value is -1.49. The maximum absolute atomic E-state index is 12.9. The number of carbonyl (C=O) groups excluding carboxylic acids is 1. The van der Waals surface area contributed by atoms with Crippen LogP contribution in [-0.4, -0.2) is 64.2 Å². The lowest BCUT2D eigenvalue weighted by molar-refractivity contribution is -0.149. The Kier molecular flexibility index (Phi) is 6.43. The lowest BCUT2D eigenvalue weighted by Crippen LogP contribution is -2.42. The van der Waals surface area contributed by atoms with Gasteiger partial charge in [0, 0.05) is 26.2 Å². The molecule has 0 spiro atoms. The summed E-state index contributed by atoms with van der Waals surface area (Å²) in [6, 6.07) is 5.33. The number of carbonyl (C=O) groups is 1. The van der Waals surface area contributed by atoms with Crippen molar-refractivity contribution >= 4 is 26.0 Å². The largest absolute Gasteiger partial charge is 0.466 e. The average Bonchev–Trinajstić information content (AvgIpc) is 3.24. The number of ether oxygens (including phenoxy) is 1. The summed E-state index contributed by atoms with van der Waals surface area (Å²) >= 11 is 0. The van der Waals surface area contributed by atoms with Crippen LogP contribution in [0.1, 0.15) is 32.6 Å². The predicted octanol–water partition coefficient (Wildman–Crippen LogP) is 1.43. The Bertz CT molecular complexity index is 906. The van der Waals surface area contributed by atoms with E-state index in [1.807, 2.05) is 0 Å². The standard InChI is InChI=1S/C18H26N2O6S2/c1-2-26-18(21)15-6-5-13-20(14-15)28(24,25)17-9-7-16(8-10-17)27(22,23)19-11-3-4-12-19/h7-10,15H,2-6,11-14H2,1H3/t15-/m0/s1. The van der Waals surface area contributed by atoms with Crippen molar-refractivity contribution < 1.29 is 26.4 Å². The van der Waals surface area contributed by atoms with E-state index in [1.165, 1.54) is 32.9 Å². The number of rotatable bonds is 6. The monoisotopic (exact) mass is 430 g/mol. The van der Waals surface area contributed by atoms with Gasteiger partial charge >= 0.3 is 5.97 Å². The van der Waals surface area contributed by atoms with Gasteiger partial charge in [0.2, 0.25) is 20.0 Å². The highest BCUT2D eigenvalue weighted by atomic mass is 32.2. The molecule has 156 valence electrons. The fraction of sp³-hybridized carbons (Fsp3) is 0.611. The van der Waals surface area contributed by atoms with Crippen molar-refractivity contribution in [2.24, 2.45) is 5.92 Å². The molecule has 0 aliphatic carbocycles. The number of hydrogen-bond acceptors (Lipinski definition) is 6. The topological polar surface area (TPSA) is 101 Å². The minimum Gasteiger partial charge on any atom is -0.466 e. The minimum absolute atomic E-state index is 0.0254. The predicted molar refractivity (Wildman–Crippen MR) is 103 cm³/mol. The molecule has 2 fully saturated rings. The van der Waals surface area contributed by atoms with Crippen molar-refractivity contribution in [3.05, 3.63) is 24.3 Å². The van der Waals surface area contributed by atoms with Gasteiger partial charge in [0.1, 0.15) is 0 Å². The highest BCUT2D eigenvalue weighted by molar-refractivity contribution is 7.89. The molecule has 1 aromatic rings. The summed E-state index contributed by atoms with van der Waals surface area (Å²) in [5.74, 6) is -0.854. The molecule has 0 amide bonds. The van der Waals surface area contributed by atoms with Crippen molar-refractivity contribution in [3.8, 4) is 0 Å². The van der Waals surface area contributed by atoms with Gasteiger partial charge in [-0.1, -0.05) is 0 Å². The fourth-order valence-corrected chi connectivity index (χ4v) is 6.66. The number of piperidine rings is 1. The third kappa shape index (κ3) is 4.24. The molecule has 28 heavy (non-hydrogen) atoms. The summed E-state index contributed by atoms with van der Waals surface area (Å²) in [5, 5.41) is 0. The first-order valence-corrected chi connectivity index (χ1v) is 12.4. The van der Waals surface area contributed by atoms with Gasteiger partial charge < -0.3 is 4.74 Å². The highest BCUT2D eigenvalue weighted by Gasteiger charge is 2.34. The molecule has 1 atom stereocenters. The van der Waals surface area contributed by atoms with E-state index in [1.54, 1.807) is 6.92 Å². The van der Waals surface area contributed by atoms with E-state index in [2.05, 4.69) is 0 Å². The van der Waals surface area contributed by atoms with Gasteiger partial charge in [0.05, 0.1) is 22.3 Å². The van der Waals surface area contributed by atoms with Gasteiger partial charge in [-0.05, 0) is 56.9 Å². The van der Waals surface area contributed by atoms with Gasteiger partial charge in [0.15, 0.2) is 0 Å². The smallest absolute Gasteiger partial charge is 0.310 e. The van der Waals surface area contributed by atoms with Crippen LogP contribution in [0.3, 0.4) is 0 Å². The van der Waals surface area contributed by atoms with Crippen LogP contribution in [0, 0.1) is 5.92 Å². The average molecular weight is 431 g/mol. The van der Waals surface area contributed by atoms with Crippen molar-refractivity contribution in [1.29, 1.82) is 0 Å². The first-order valence-electron chi connectivity index (χ1n) is 9.54. The van der Waals surface area contributed by atoms with E-state index in [0.29, 0.717) is 32.5 Å². The molecule has 8 nitrogen and oxygen atoms in total. The summed E-state index contributed by atoms with van der Waals surface area (Å²) < 4.78 is 58.8. The maximum atomic E-state index is 12.9. The number of nitrogens with zero attached hydrogens (tertiary/aromatic N) is 2. The van der Waals surface area contributed by atoms with Crippen LogP contribution < -0.4 is 0 Å². The maximum Gasteiger partial charge on any atom is 0.310 e. The van der Waals surface area contributed by atoms with Crippen LogP contribution >= 0.6 is 0 Å². The van der Waals surface area contributed by atoms with Crippen LogP contribution in [-0.2, 0) is 29.6 Å². The fourth-order valence-electron chi connectivity index (χ4n) is 3.62. The number of hydrogen-bond donors (Lipinski definition) is 0. The summed E-state index contributed by atoms with van der Waals surface area (Å²) in [6.45, 7) is 3.36. The molecule has 0 saturated carbocycles. The Morgan fingerprint density at radius 3 is 1.96 bits per heavy atom. The minimum atomic E-state index is -3.81. The molecular formula is C18H26N2O6S2. The zero-order valence-electron chi connectivity index (χ0n) is 15.9. The van der Waals surface area contributed by atoms with Crippen LogP contribution in [0.4, 0.5) is 0 Å². The van der Waals surface area contributed by atoms with Crippen LogP contribution in [0.25, 0.3) is 0 Å². The number of esters is 1. The van der Waals surface area contributed by atoms with Gasteiger partial charge in [-0.3, -0.25) is 4.79 Å². The van der Waals surface area contributed by atoms with Crippen molar-refractivity contribution in [2.75, 3.05) is 32.8 Å². The van der Waals surface area contributed by atoms with Crippen molar-refractivity contribution in [1.82, 2.24) is 8.61 Å². The summed E-state index contributed by atoms with van der Waals surface area (Å²) in [5.41, 5.74) is 0. The van der Waals surface area contributed by atoms with Crippen LogP contribution in [0.15, 0.2) is 34.1 Å². The van der Waals surface area contributed by atoms with Gasteiger partial charge in [-0.2, -0.15) is 8.61 Å². The molecule has 10 heteroatoms. The van der Waals surface area contributed by atoms with E-state index in [9.17, 15) is 21.6 Å². The second-order valence-corrected chi connectivity index (χ2v) is 10.9. The molecule has 0 unspecified atom stereocenters. The van der Waals surface area contributed by atoms with Crippen LogP contribution in [0.2, 0.25) is 0 Å². The molecule has 0 radical (unpaired) electrons. The number of benzene rings is 1. The van der Waals surface area contributed by atoms with Gasteiger partial charge in [-0.15, -0.1) is 0 Å². The van der Waals surface area contributed by atoms with E-state index in [0.717, 1.165) is 12.8 Å². The summed E-state index contributed by atoms with van der Waals surface area (Å²) in [7, 11) is -7.40. The number of sulfonamides is 2. The highest BCUT2D eigenvalue weighted by Crippen LogP contribution is 2.26. The Morgan fingerprint density at radius 2 is 1.43 bits per heavy atom. The first kappa shape index (κ1) is 21.2. The molecule has 2 aliphatic rings. The molecule has 0 bridgehead atoms. The lowest BCUT2D eigenvalue weighted by atomic mass is 10.0. The lowest BCUT2D eigenvalue weighted by Gasteiger charge is -2.30. The zero-order valence-corrected chi connectivity index (χ0v) is 17.5. The summed E-state index contributed by atoms with van der Waals surface area (Å²) in [6.07, 6.45) is 2.84. The van der Waals surface area contributed by atoms with E-state index in [4.69, 9.17) is 4.74 Å². The van der Waals surface area contributed by atoms with E-state index in [-0.39, 0.29) is 28.9 Å². The second kappa shape index (κ2) is 8.48. The third-order valence-corrected chi connectivity index (χ3v) is 8.96. The quantitative estimate of drug-likeness (QED) is 0.633. The Morgan fingerprint density at radius 1 is 0.929 bits per heavy atom. The molecule has 1 aromatic carbocycles. The molecular weight excluding hydrogens is 404 g/mol. The molecule has 2 heterocycles. The Labute approximate surface area is 166 Å². The molecule has 0 N–H and O–H groups in total. The Balaban J connectivity index is 1.77. The van der Waals surface area contributed by atoms with Crippen molar-refractivity contribution in [2.45, 2.75) is 42.4 Å².